The van der Waals surface area contributed by atoms with Crippen molar-refractivity contribution in [1.29, 1.82) is 0 Å². The van der Waals surface area contributed by atoms with E-state index in [0.717, 1.165) is 22.9 Å². The van der Waals surface area contributed by atoms with E-state index in [1.165, 1.54) is 0 Å². The van der Waals surface area contributed by atoms with Gasteiger partial charge in [0.2, 0.25) is 10.0 Å². The molecule has 88 valence electrons. The van der Waals surface area contributed by atoms with Gasteiger partial charge >= 0.3 is 0 Å². The fourth-order valence-corrected chi connectivity index (χ4v) is 3.83. The quantitative estimate of drug-likeness (QED) is 0.865. The molecule has 2 rings (SSSR count). The lowest BCUT2D eigenvalue weighted by Crippen LogP contribution is -2.26. The van der Waals surface area contributed by atoms with Gasteiger partial charge in [-0.3, -0.25) is 0 Å². The first kappa shape index (κ1) is 12.1. The van der Waals surface area contributed by atoms with Crippen LogP contribution in [0.3, 0.4) is 0 Å². The number of benzene rings is 1. The summed E-state index contributed by atoms with van der Waals surface area (Å²) in [6, 6.07) is 5.47. The normalized spacial score (nSPS) is 23.5. The zero-order chi connectivity index (χ0) is 11.8. The van der Waals surface area contributed by atoms with Crippen LogP contribution in [0.5, 0.6) is 0 Å². The highest BCUT2D eigenvalue weighted by atomic mass is 79.9. The van der Waals surface area contributed by atoms with Gasteiger partial charge in [-0.2, -0.15) is 0 Å². The Morgan fingerprint density at radius 1 is 1.50 bits per heavy atom. The highest BCUT2D eigenvalue weighted by molar-refractivity contribution is 9.10. The Morgan fingerprint density at radius 3 is 2.94 bits per heavy atom. The van der Waals surface area contributed by atoms with E-state index >= 15 is 0 Å². The lowest BCUT2D eigenvalue weighted by atomic mass is 9.97. The highest BCUT2D eigenvalue weighted by Gasteiger charge is 2.25. The fourth-order valence-electron chi connectivity index (χ4n) is 1.92. The number of hydrogen-bond acceptors (Lipinski definition) is 2. The maximum absolute atomic E-state index is 12.0. The Kier molecular flexibility index (Phi) is 3.37. The second kappa shape index (κ2) is 4.47. The number of sulfonamides is 1. The number of rotatable bonds is 1. The van der Waals surface area contributed by atoms with Crippen LogP contribution in [0.1, 0.15) is 18.9 Å². The number of nitrogens with one attached hydrogen (secondary N) is 1. The third kappa shape index (κ3) is 2.31. The van der Waals surface area contributed by atoms with Crippen LogP contribution in [0.15, 0.2) is 27.6 Å². The number of hydrogen-bond donors (Lipinski definition) is 1. The van der Waals surface area contributed by atoms with Gasteiger partial charge in [0.25, 0.3) is 0 Å². The molecule has 1 N–H and O–H groups in total. The van der Waals surface area contributed by atoms with Gasteiger partial charge in [0.1, 0.15) is 0 Å². The van der Waals surface area contributed by atoms with Crippen molar-refractivity contribution in [2.45, 2.75) is 24.7 Å². The Balaban J connectivity index is 2.54. The molecule has 0 aromatic heterocycles. The first-order chi connectivity index (χ1) is 7.53. The van der Waals surface area contributed by atoms with Crippen molar-refractivity contribution in [3.05, 3.63) is 28.2 Å². The first-order valence-corrected chi connectivity index (χ1v) is 7.58. The van der Waals surface area contributed by atoms with Crippen molar-refractivity contribution >= 4 is 26.0 Å². The van der Waals surface area contributed by atoms with E-state index < -0.39 is 10.0 Å². The monoisotopic (exact) mass is 303 g/mol. The molecule has 1 heterocycles. The standard InChI is InChI=1S/C11H14BrNO2S/c1-2-8-5-9-3-4-10(12)6-11(9)16(14,15)13-7-8/h3-4,6,8,13H,2,5,7H2,1H3/t8-/m1/s1. The van der Waals surface area contributed by atoms with Crippen LogP contribution in [-0.4, -0.2) is 15.0 Å². The summed E-state index contributed by atoms with van der Waals surface area (Å²) in [5, 5.41) is 0. The third-order valence-electron chi connectivity index (χ3n) is 2.97. The molecule has 0 aliphatic carbocycles. The maximum atomic E-state index is 12.0. The summed E-state index contributed by atoms with van der Waals surface area (Å²) in [5.41, 5.74) is 0.917. The second-order valence-corrected chi connectivity index (χ2v) is 6.73. The average molecular weight is 304 g/mol. The minimum atomic E-state index is -3.32. The van der Waals surface area contributed by atoms with Gasteiger partial charge in [-0.25, -0.2) is 13.1 Å². The largest absolute Gasteiger partial charge is 0.240 e. The Bertz CT molecular complexity index is 499. The van der Waals surface area contributed by atoms with E-state index in [4.69, 9.17) is 0 Å². The third-order valence-corrected chi connectivity index (χ3v) is 4.97. The zero-order valence-corrected chi connectivity index (χ0v) is 11.4. The van der Waals surface area contributed by atoms with Gasteiger partial charge in [0.05, 0.1) is 4.90 Å². The lowest BCUT2D eigenvalue weighted by molar-refractivity contribution is 0.499. The smallest absolute Gasteiger partial charge is 0.211 e. The predicted octanol–water partition coefficient (Wildman–Crippen LogP) is 2.31. The van der Waals surface area contributed by atoms with Crippen molar-refractivity contribution < 1.29 is 8.42 Å². The lowest BCUT2D eigenvalue weighted by Gasteiger charge is -2.10. The number of fused-ring (bicyclic) bond motifs is 1. The molecule has 1 aromatic carbocycles. The van der Waals surface area contributed by atoms with Crippen LogP contribution in [0.25, 0.3) is 0 Å². The molecule has 0 fully saturated rings. The topological polar surface area (TPSA) is 46.2 Å². The van der Waals surface area contributed by atoms with Crippen LogP contribution in [0.4, 0.5) is 0 Å². The van der Waals surface area contributed by atoms with E-state index in [1.54, 1.807) is 6.07 Å². The fraction of sp³-hybridized carbons (Fsp3) is 0.455. The molecule has 0 bridgehead atoms. The summed E-state index contributed by atoms with van der Waals surface area (Å²) in [6.07, 6.45) is 1.81. The van der Waals surface area contributed by atoms with Gasteiger partial charge < -0.3 is 0 Å². The molecule has 0 amide bonds. The SMILES string of the molecule is CC[C@H]1CNS(=O)(=O)c2cc(Br)ccc2C1. The molecule has 0 unspecified atom stereocenters. The van der Waals surface area contributed by atoms with Gasteiger partial charge in [0, 0.05) is 11.0 Å². The molecule has 0 saturated carbocycles. The molecule has 1 atom stereocenters. The summed E-state index contributed by atoms with van der Waals surface area (Å²) < 4.78 is 27.4. The molecule has 0 spiro atoms. The molecule has 1 aliphatic heterocycles. The first-order valence-electron chi connectivity index (χ1n) is 5.31. The zero-order valence-electron chi connectivity index (χ0n) is 9.03. The van der Waals surface area contributed by atoms with Crippen LogP contribution in [0, 0.1) is 5.92 Å². The molecule has 1 aromatic rings. The van der Waals surface area contributed by atoms with Crippen molar-refractivity contribution in [2.24, 2.45) is 5.92 Å². The molecular formula is C11H14BrNO2S. The summed E-state index contributed by atoms with van der Waals surface area (Å²) in [6.45, 7) is 2.62. The second-order valence-electron chi connectivity index (χ2n) is 4.08. The van der Waals surface area contributed by atoms with Crippen LogP contribution >= 0.6 is 15.9 Å². The minimum absolute atomic E-state index is 0.386. The summed E-state index contributed by atoms with van der Waals surface area (Å²) in [7, 11) is -3.32. The maximum Gasteiger partial charge on any atom is 0.240 e. The van der Waals surface area contributed by atoms with Crippen molar-refractivity contribution in [2.75, 3.05) is 6.54 Å². The summed E-state index contributed by atoms with van der Waals surface area (Å²) >= 11 is 3.31. The van der Waals surface area contributed by atoms with Crippen molar-refractivity contribution in [3.8, 4) is 0 Å². The van der Waals surface area contributed by atoms with Crippen LogP contribution in [-0.2, 0) is 16.4 Å². The van der Waals surface area contributed by atoms with E-state index in [9.17, 15) is 8.42 Å². The van der Waals surface area contributed by atoms with Gasteiger partial charge in [-0.15, -0.1) is 0 Å². The summed E-state index contributed by atoms with van der Waals surface area (Å²) in [4.78, 5) is 0.415. The highest BCUT2D eigenvalue weighted by Crippen LogP contribution is 2.26. The van der Waals surface area contributed by atoms with E-state index in [0.29, 0.717) is 17.4 Å². The van der Waals surface area contributed by atoms with E-state index in [-0.39, 0.29) is 0 Å². The van der Waals surface area contributed by atoms with Crippen molar-refractivity contribution in [3.63, 3.8) is 0 Å². The Labute approximate surface area is 104 Å². The molecule has 1 aliphatic rings. The van der Waals surface area contributed by atoms with Crippen LogP contribution in [0.2, 0.25) is 0 Å². The van der Waals surface area contributed by atoms with Crippen molar-refractivity contribution in [1.82, 2.24) is 4.72 Å². The average Bonchev–Trinajstić information content (AvgIpc) is 2.37. The molecule has 16 heavy (non-hydrogen) atoms. The minimum Gasteiger partial charge on any atom is -0.211 e. The molecule has 0 radical (unpaired) electrons. The van der Waals surface area contributed by atoms with E-state index in [2.05, 4.69) is 27.6 Å². The predicted molar refractivity (Wildman–Crippen MR) is 66.8 cm³/mol. The molecular weight excluding hydrogens is 290 g/mol. The summed E-state index contributed by atoms with van der Waals surface area (Å²) in [5.74, 6) is 0.386. The van der Waals surface area contributed by atoms with Crippen LogP contribution < -0.4 is 4.72 Å². The number of halogens is 1. The van der Waals surface area contributed by atoms with Gasteiger partial charge in [-0.05, 0) is 30.0 Å². The van der Waals surface area contributed by atoms with Gasteiger partial charge in [-0.1, -0.05) is 35.3 Å². The molecule has 3 nitrogen and oxygen atoms in total. The molecule has 5 heteroatoms. The Hall–Kier alpha value is -0.390. The van der Waals surface area contributed by atoms with Gasteiger partial charge in [0.15, 0.2) is 0 Å². The molecule has 0 saturated heterocycles. The van der Waals surface area contributed by atoms with E-state index in [1.807, 2.05) is 12.1 Å². The Morgan fingerprint density at radius 2 is 2.25 bits per heavy atom.